The summed E-state index contributed by atoms with van der Waals surface area (Å²) >= 11 is 3.01. The fraction of sp³-hybridized carbons (Fsp3) is 0.400. The quantitative estimate of drug-likeness (QED) is 0.595. The maximum Gasteiger partial charge on any atom is 0.341 e. The van der Waals surface area contributed by atoms with Gasteiger partial charge in [0, 0.05) is 9.77 Å². The number of carbonyl (C=O) groups is 2. The largest absolute Gasteiger partial charge is 0.465 e. The van der Waals surface area contributed by atoms with Gasteiger partial charge in [-0.2, -0.15) is 0 Å². The van der Waals surface area contributed by atoms with E-state index in [0.29, 0.717) is 22.2 Å². The van der Waals surface area contributed by atoms with Crippen LogP contribution in [0.2, 0.25) is 0 Å². The van der Waals surface area contributed by atoms with Gasteiger partial charge in [-0.3, -0.25) is 4.79 Å². The van der Waals surface area contributed by atoms with Crippen LogP contribution in [-0.4, -0.2) is 24.7 Å². The van der Waals surface area contributed by atoms with E-state index < -0.39 is 0 Å². The van der Waals surface area contributed by atoms with Crippen LogP contribution < -0.4 is 5.32 Å². The lowest BCUT2D eigenvalue weighted by Crippen LogP contribution is -2.17. The third-order valence-electron chi connectivity index (χ3n) is 4.55. The summed E-state index contributed by atoms with van der Waals surface area (Å²) in [4.78, 5) is 26.9. The highest BCUT2D eigenvalue weighted by Crippen LogP contribution is 2.40. The van der Waals surface area contributed by atoms with Crippen LogP contribution in [0.1, 0.15) is 39.7 Å². The fourth-order valence-electron chi connectivity index (χ4n) is 3.10. The highest BCUT2D eigenvalue weighted by Gasteiger charge is 2.28. The third-order valence-corrected chi connectivity index (χ3v) is 6.73. The van der Waals surface area contributed by atoms with Crippen molar-refractivity contribution in [3.63, 3.8) is 0 Å². The van der Waals surface area contributed by atoms with Crippen molar-refractivity contribution in [2.75, 3.05) is 18.2 Å². The number of esters is 1. The first-order valence-corrected chi connectivity index (χ1v) is 10.5. The molecule has 3 rings (SSSR count). The molecule has 4 nitrogen and oxygen atoms in total. The maximum atomic E-state index is 12.4. The van der Waals surface area contributed by atoms with E-state index in [9.17, 15) is 9.59 Å². The van der Waals surface area contributed by atoms with E-state index in [1.165, 1.54) is 40.6 Å². The summed E-state index contributed by atoms with van der Waals surface area (Å²) in [6.07, 6.45) is 2.88. The van der Waals surface area contributed by atoms with Crippen molar-refractivity contribution >= 4 is 40.0 Å². The molecule has 0 saturated heterocycles. The van der Waals surface area contributed by atoms with Gasteiger partial charge in [-0.1, -0.05) is 24.6 Å². The summed E-state index contributed by atoms with van der Waals surface area (Å²) < 4.78 is 4.96. The average Bonchev–Trinajstić information content (AvgIpc) is 2.97. The molecule has 0 fully saturated rings. The van der Waals surface area contributed by atoms with E-state index in [1.54, 1.807) is 0 Å². The summed E-state index contributed by atoms with van der Waals surface area (Å²) in [7, 11) is 1.39. The van der Waals surface area contributed by atoms with E-state index in [2.05, 4.69) is 12.2 Å². The Hall–Kier alpha value is -1.79. The van der Waals surface area contributed by atoms with Gasteiger partial charge in [0.25, 0.3) is 0 Å². The molecule has 6 heteroatoms. The highest BCUT2D eigenvalue weighted by atomic mass is 32.2. The van der Waals surface area contributed by atoms with Gasteiger partial charge in [0.2, 0.25) is 5.91 Å². The lowest BCUT2D eigenvalue weighted by molar-refractivity contribution is -0.113. The number of rotatable bonds is 5. The van der Waals surface area contributed by atoms with Gasteiger partial charge < -0.3 is 10.1 Å². The first kappa shape index (κ1) is 19.0. The van der Waals surface area contributed by atoms with E-state index >= 15 is 0 Å². The Bertz CT molecular complexity index is 811. The van der Waals surface area contributed by atoms with Crippen LogP contribution in [-0.2, 0) is 22.4 Å². The number of hydrogen-bond donors (Lipinski definition) is 1. The number of methoxy groups -OCH3 is 1. The second kappa shape index (κ2) is 8.27. The van der Waals surface area contributed by atoms with Crippen LogP contribution in [0.4, 0.5) is 5.00 Å². The molecule has 0 spiro atoms. The standard InChI is InChI=1S/C20H23NO3S2/c1-12-4-7-14(8-5-12)25-11-17(22)21-19-18(20(23)24-3)15-9-6-13(2)10-16(15)26-19/h4-5,7-8,13H,6,9-11H2,1-3H3,(H,21,22)/t13-/m0/s1. The zero-order valence-electron chi connectivity index (χ0n) is 15.3. The van der Waals surface area contributed by atoms with E-state index in [-0.39, 0.29) is 11.9 Å². The van der Waals surface area contributed by atoms with Gasteiger partial charge in [0.15, 0.2) is 0 Å². The Kier molecular flexibility index (Phi) is 6.04. The molecule has 1 N–H and O–H groups in total. The van der Waals surface area contributed by atoms with Crippen molar-refractivity contribution in [1.82, 2.24) is 0 Å². The zero-order valence-corrected chi connectivity index (χ0v) is 16.9. The number of fused-ring (bicyclic) bond motifs is 1. The normalized spacial score (nSPS) is 16.0. The molecule has 1 aliphatic carbocycles. The molecule has 138 valence electrons. The predicted octanol–water partition coefficient (Wildman–Crippen LogP) is 4.70. The van der Waals surface area contributed by atoms with Gasteiger partial charge in [-0.25, -0.2) is 4.79 Å². The maximum absolute atomic E-state index is 12.4. The number of benzene rings is 1. The first-order valence-electron chi connectivity index (χ1n) is 8.70. The van der Waals surface area contributed by atoms with E-state index in [0.717, 1.165) is 29.7 Å². The third kappa shape index (κ3) is 4.30. The number of aryl methyl sites for hydroxylation is 1. The fourth-order valence-corrected chi connectivity index (χ4v) is 5.22. The Balaban J connectivity index is 1.73. The molecule has 0 saturated carbocycles. The van der Waals surface area contributed by atoms with E-state index in [1.807, 2.05) is 31.2 Å². The van der Waals surface area contributed by atoms with Gasteiger partial charge in [-0.05, 0) is 49.8 Å². The molecule has 0 bridgehead atoms. The number of thiophene rings is 1. The minimum absolute atomic E-state index is 0.104. The summed E-state index contributed by atoms with van der Waals surface area (Å²) in [6, 6.07) is 8.09. The molecule has 1 aromatic heterocycles. The number of anilines is 1. The van der Waals surface area contributed by atoms with Crippen LogP contribution in [0.25, 0.3) is 0 Å². The van der Waals surface area contributed by atoms with Crippen molar-refractivity contribution in [3.8, 4) is 0 Å². The number of ether oxygens (including phenoxy) is 1. The molecular weight excluding hydrogens is 366 g/mol. The first-order chi connectivity index (χ1) is 12.5. The summed E-state index contributed by atoms with van der Waals surface area (Å²) in [5.41, 5.74) is 2.80. The van der Waals surface area contributed by atoms with Crippen molar-refractivity contribution in [3.05, 3.63) is 45.8 Å². The van der Waals surface area contributed by atoms with Crippen LogP contribution >= 0.6 is 23.1 Å². The van der Waals surface area contributed by atoms with Gasteiger partial charge in [0.05, 0.1) is 18.4 Å². The summed E-state index contributed by atoms with van der Waals surface area (Å²) in [6.45, 7) is 4.26. The highest BCUT2D eigenvalue weighted by molar-refractivity contribution is 8.00. The van der Waals surface area contributed by atoms with Crippen LogP contribution in [0.5, 0.6) is 0 Å². The molecule has 1 heterocycles. The van der Waals surface area contributed by atoms with Crippen LogP contribution in [0, 0.1) is 12.8 Å². The van der Waals surface area contributed by atoms with Crippen LogP contribution in [0.3, 0.4) is 0 Å². The number of nitrogens with one attached hydrogen (secondary N) is 1. The SMILES string of the molecule is COC(=O)c1c(NC(=O)CSc2ccc(C)cc2)sc2c1CC[C@H](C)C2. The van der Waals surface area contributed by atoms with Crippen molar-refractivity contribution < 1.29 is 14.3 Å². The minimum atomic E-state index is -0.362. The van der Waals surface area contributed by atoms with Crippen molar-refractivity contribution in [2.24, 2.45) is 5.92 Å². The summed E-state index contributed by atoms with van der Waals surface area (Å²) in [5, 5.41) is 3.57. The number of thioether (sulfide) groups is 1. The molecule has 1 atom stereocenters. The topological polar surface area (TPSA) is 55.4 Å². The Labute approximate surface area is 162 Å². The second-order valence-corrected chi connectivity index (χ2v) is 8.85. The molecule has 1 aliphatic rings. The lowest BCUT2D eigenvalue weighted by atomic mass is 9.88. The van der Waals surface area contributed by atoms with Gasteiger partial charge in [0.1, 0.15) is 5.00 Å². The molecule has 0 radical (unpaired) electrons. The van der Waals surface area contributed by atoms with E-state index in [4.69, 9.17) is 4.74 Å². The second-order valence-electron chi connectivity index (χ2n) is 6.70. The Morgan fingerprint density at radius 2 is 2.04 bits per heavy atom. The molecule has 1 aromatic carbocycles. The van der Waals surface area contributed by atoms with Crippen LogP contribution in [0.15, 0.2) is 29.2 Å². The van der Waals surface area contributed by atoms with Crippen molar-refractivity contribution in [2.45, 2.75) is 38.0 Å². The molecular formula is C20H23NO3S2. The predicted molar refractivity (Wildman–Crippen MR) is 107 cm³/mol. The summed E-state index contributed by atoms with van der Waals surface area (Å²) in [5.74, 6) is 0.445. The lowest BCUT2D eigenvalue weighted by Gasteiger charge is -2.18. The van der Waals surface area contributed by atoms with Gasteiger partial charge >= 0.3 is 5.97 Å². The molecule has 0 unspecified atom stereocenters. The smallest absolute Gasteiger partial charge is 0.341 e. The zero-order chi connectivity index (χ0) is 18.7. The monoisotopic (exact) mass is 389 g/mol. The molecule has 0 aliphatic heterocycles. The number of carbonyl (C=O) groups excluding carboxylic acids is 2. The average molecular weight is 390 g/mol. The number of hydrogen-bond acceptors (Lipinski definition) is 5. The molecule has 2 aromatic rings. The van der Waals surface area contributed by atoms with Gasteiger partial charge in [-0.15, -0.1) is 23.1 Å². The Morgan fingerprint density at radius 3 is 2.73 bits per heavy atom. The van der Waals surface area contributed by atoms with Crippen molar-refractivity contribution in [1.29, 1.82) is 0 Å². The Morgan fingerprint density at radius 1 is 1.31 bits per heavy atom. The molecule has 26 heavy (non-hydrogen) atoms. The minimum Gasteiger partial charge on any atom is -0.465 e. The number of amides is 1. The molecule has 1 amide bonds.